The van der Waals surface area contributed by atoms with Crippen LogP contribution in [0.1, 0.15) is 56.6 Å². The average molecular weight is 350 g/mol. The number of rotatable bonds is 3. The van der Waals surface area contributed by atoms with Crippen molar-refractivity contribution in [1.82, 2.24) is 4.90 Å². The maximum Gasteiger partial charge on any atom is 0.0946 e. The molecule has 4 rings (SSSR count). The maximum atomic E-state index is 11.5. The molecule has 2 aromatic carbocycles. The number of piperidine rings is 1. The fourth-order valence-corrected chi connectivity index (χ4v) is 5.34. The molecule has 26 heavy (non-hydrogen) atoms. The fourth-order valence-electron chi connectivity index (χ4n) is 5.34. The Morgan fingerprint density at radius 2 is 1.38 bits per heavy atom. The smallest absolute Gasteiger partial charge is 0.0946 e. The van der Waals surface area contributed by atoms with Gasteiger partial charge in [0, 0.05) is 24.5 Å². The van der Waals surface area contributed by atoms with E-state index in [4.69, 9.17) is 0 Å². The zero-order valence-corrected chi connectivity index (χ0v) is 15.9. The molecule has 1 saturated carbocycles. The molecule has 2 aromatic rings. The SMILES string of the molecule is C[C@@H]1CN(C2(c3ccccc3)CCCCC2)CC[C@@]1(O)c1ccccc1. The van der Waals surface area contributed by atoms with Crippen molar-refractivity contribution >= 4 is 0 Å². The molecule has 2 fully saturated rings. The summed E-state index contributed by atoms with van der Waals surface area (Å²) in [5.74, 6) is 0.223. The van der Waals surface area contributed by atoms with Gasteiger partial charge in [-0.2, -0.15) is 0 Å². The van der Waals surface area contributed by atoms with Gasteiger partial charge >= 0.3 is 0 Å². The third kappa shape index (κ3) is 3.00. The van der Waals surface area contributed by atoms with Gasteiger partial charge in [-0.05, 0) is 30.4 Å². The highest BCUT2D eigenvalue weighted by Crippen LogP contribution is 2.47. The summed E-state index contributed by atoms with van der Waals surface area (Å²) in [7, 11) is 0. The quantitative estimate of drug-likeness (QED) is 0.836. The highest BCUT2D eigenvalue weighted by Gasteiger charge is 2.47. The molecular formula is C24H31NO. The summed E-state index contributed by atoms with van der Waals surface area (Å²) in [5.41, 5.74) is 2.00. The minimum atomic E-state index is -0.704. The van der Waals surface area contributed by atoms with Crippen LogP contribution in [-0.2, 0) is 11.1 Å². The third-order valence-corrected chi connectivity index (χ3v) is 6.94. The lowest BCUT2D eigenvalue weighted by Crippen LogP contribution is -2.57. The first-order valence-electron chi connectivity index (χ1n) is 10.2. The molecule has 2 aliphatic rings. The molecule has 1 heterocycles. The first kappa shape index (κ1) is 17.8. The highest BCUT2D eigenvalue weighted by atomic mass is 16.3. The van der Waals surface area contributed by atoms with E-state index < -0.39 is 5.60 Å². The lowest BCUT2D eigenvalue weighted by Gasteiger charge is -2.53. The normalized spacial score (nSPS) is 29.4. The van der Waals surface area contributed by atoms with Crippen LogP contribution in [0.3, 0.4) is 0 Å². The summed E-state index contributed by atoms with van der Waals surface area (Å²) >= 11 is 0. The Morgan fingerprint density at radius 3 is 1.96 bits per heavy atom. The first-order chi connectivity index (χ1) is 12.7. The molecule has 0 spiro atoms. The molecule has 0 aromatic heterocycles. The van der Waals surface area contributed by atoms with E-state index >= 15 is 0 Å². The second kappa shape index (κ2) is 7.17. The Bertz CT molecular complexity index is 708. The van der Waals surface area contributed by atoms with Crippen molar-refractivity contribution in [2.75, 3.05) is 13.1 Å². The number of benzene rings is 2. The van der Waals surface area contributed by atoms with Gasteiger partial charge in [-0.15, -0.1) is 0 Å². The molecule has 2 atom stereocenters. The van der Waals surface area contributed by atoms with Crippen LogP contribution >= 0.6 is 0 Å². The zero-order chi connectivity index (χ0) is 18.0. The minimum absolute atomic E-state index is 0.159. The monoisotopic (exact) mass is 349 g/mol. The Kier molecular flexibility index (Phi) is 4.90. The van der Waals surface area contributed by atoms with E-state index in [-0.39, 0.29) is 11.5 Å². The van der Waals surface area contributed by atoms with Crippen molar-refractivity contribution in [3.05, 3.63) is 71.8 Å². The van der Waals surface area contributed by atoms with Gasteiger partial charge in [0.1, 0.15) is 0 Å². The number of hydrogen-bond donors (Lipinski definition) is 1. The van der Waals surface area contributed by atoms with E-state index in [1.165, 1.54) is 37.7 Å². The van der Waals surface area contributed by atoms with E-state index in [9.17, 15) is 5.11 Å². The van der Waals surface area contributed by atoms with Crippen LogP contribution in [0, 0.1) is 5.92 Å². The molecule has 1 N–H and O–H groups in total. The molecule has 0 radical (unpaired) electrons. The maximum absolute atomic E-state index is 11.5. The molecular weight excluding hydrogens is 318 g/mol. The molecule has 1 saturated heterocycles. The number of hydrogen-bond acceptors (Lipinski definition) is 2. The van der Waals surface area contributed by atoms with E-state index in [1.807, 2.05) is 18.2 Å². The van der Waals surface area contributed by atoms with Crippen molar-refractivity contribution in [3.8, 4) is 0 Å². The van der Waals surface area contributed by atoms with Gasteiger partial charge in [-0.25, -0.2) is 0 Å². The van der Waals surface area contributed by atoms with Crippen molar-refractivity contribution in [2.24, 2.45) is 5.92 Å². The van der Waals surface area contributed by atoms with Crippen LogP contribution in [0.5, 0.6) is 0 Å². The van der Waals surface area contributed by atoms with Crippen molar-refractivity contribution in [2.45, 2.75) is 56.6 Å². The Labute approximate surface area is 157 Å². The molecule has 1 aliphatic heterocycles. The predicted octanol–water partition coefficient (Wildman–Crippen LogP) is 5.08. The lowest BCUT2D eigenvalue weighted by molar-refractivity contribution is -0.104. The van der Waals surface area contributed by atoms with Gasteiger partial charge in [-0.3, -0.25) is 4.90 Å². The average Bonchev–Trinajstić information content (AvgIpc) is 2.72. The van der Waals surface area contributed by atoms with Crippen LogP contribution in [-0.4, -0.2) is 23.1 Å². The van der Waals surface area contributed by atoms with E-state index in [2.05, 4.69) is 54.3 Å². The highest BCUT2D eigenvalue weighted by molar-refractivity contribution is 5.28. The van der Waals surface area contributed by atoms with Gasteiger partial charge in [0.25, 0.3) is 0 Å². The second-order valence-electron chi connectivity index (χ2n) is 8.35. The van der Waals surface area contributed by atoms with Crippen molar-refractivity contribution in [3.63, 3.8) is 0 Å². The molecule has 0 amide bonds. The lowest BCUT2D eigenvalue weighted by atomic mass is 9.71. The molecule has 138 valence electrons. The van der Waals surface area contributed by atoms with Crippen LogP contribution in [0.4, 0.5) is 0 Å². The van der Waals surface area contributed by atoms with Gasteiger partial charge in [-0.1, -0.05) is 86.8 Å². The molecule has 2 heteroatoms. The number of aliphatic hydroxyl groups is 1. The summed E-state index contributed by atoms with van der Waals surface area (Å²) in [6.45, 7) is 4.14. The predicted molar refractivity (Wildman–Crippen MR) is 107 cm³/mol. The van der Waals surface area contributed by atoms with Crippen molar-refractivity contribution < 1.29 is 5.11 Å². The number of likely N-dealkylation sites (tertiary alicyclic amines) is 1. The summed E-state index contributed by atoms with van der Waals surface area (Å²) in [6.07, 6.45) is 7.27. The molecule has 2 nitrogen and oxygen atoms in total. The fraction of sp³-hybridized carbons (Fsp3) is 0.500. The van der Waals surface area contributed by atoms with Crippen LogP contribution < -0.4 is 0 Å². The summed E-state index contributed by atoms with van der Waals surface area (Å²) in [4.78, 5) is 2.70. The number of nitrogens with zero attached hydrogens (tertiary/aromatic N) is 1. The van der Waals surface area contributed by atoms with Crippen LogP contribution in [0.15, 0.2) is 60.7 Å². The topological polar surface area (TPSA) is 23.5 Å². The van der Waals surface area contributed by atoms with Gasteiger partial charge < -0.3 is 5.11 Å². The van der Waals surface area contributed by atoms with Crippen LogP contribution in [0.25, 0.3) is 0 Å². The summed E-state index contributed by atoms with van der Waals surface area (Å²) in [5, 5.41) is 11.5. The molecule has 1 aliphatic carbocycles. The summed E-state index contributed by atoms with van der Waals surface area (Å²) in [6, 6.07) is 21.4. The summed E-state index contributed by atoms with van der Waals surface area (Å²) < 4.78 is 0. The van der Waals surface area contributed by atoms with Crippen LogP contribution in [0.2, 0.25) is 0 Å². The zero-order valence-electron chi connectivity index (χ0n) is 15.9. The minimum Gasteiger partial charge on any atom is -0.385 e. The Balaban J connectivity index is 1.62. The molecule has 0 bridgehead atoms. The Morgan fingerprint density at radius 1 is 0.808 bits per heavy atom. The van der Waals surface area contributed by atoms with E-state index in [1.54, 1.807) is 0 Å². The Hall–Kier alpha value is -1.64. The first-order valence-corrected chi connectivity index (χ1v) is 10.2. The van der Waals surface area contributed by atoms with E-state index in [0.717, 1.165) is 25.1 Å². The van der Waals surface area contributed by atoms with E-state index in [0.29, 0.717) is 0 Å². The van der Waals surface area contributed by atoms with Gasteiger partial charge in [0.05, 0.1) is 5.60 Å². The van der Waals surface area contributed by atoms with Crippen molar-refractivity contribution in [1.29, 1.82) is 0 Å². The van der Waals surface area contributed by atoms with Gasteiger partial charge in [0.15, 0.2) is 0 Å². The largest absolute Gasteiger partial charge is 0.385 e. The standard InChI is InChI=1S/C24H31NO/c1-20-19-25(18-17-24(20,26)22-13-7-3-8-14-22)23(15-9-4-10-16-23)21-11-5-2-6-12-21/h2-3,5-8,11-14,20,26H,4,9-10,15-19H2,1H3/t20-,24+/m1/s1. The molecule has 0 unspecified atom stereocenters. The second-order valence-corrected chi connectivity index (χ2v) is 8.35. The third-order valence-electron chi connectivity index (χ3n) is 6.94. The van der Waals surface area contributed by atoms with Gasteiger partial charge in [0.2, 0.25) is 0 Å².